The van der Waals surface area contributed by atoms with E-state index in [0.717, 1.165) is 27.0 Å². The second-order valence-electron chi connectivity index (χ2n) is 5.88. The summed E-state index contributed by atoms with van der Waals surface area (Å²) in [6.07, 6.45) is 0. The van der Waals surface area contributed by atoms with Crippen LogP contribution in [0.3, 0.4) is 0 Å². The maximum Gasteiger partial charge on any atom is 0.355 e. The van der Waals surface area contributed by atoms with Crippen LogP contribution in [0.1, 0.15) is 28.5 Å². The van der Waals surface area contributed by atoms with Gasteiger partial charge in [0.25, 0.3) is 0 Å². The number of benzene rings is 1. The number of anilines is 1. The Morgan fingerprint density at radius 2 is 2.00 bits per heavy atom. The Bertz CT molecular complexity index is 939. The van der Waals surface area contributed by atoms with Crippen LogP contribution >= 0.6 is 11.3 Å². The van der Waals surface area contributed by atoms with E-state index in [1.807, 2.05) is 43.5 Å². The lowest BCUT2D eigenvalue weighted by atomic mass is 10.1. The number of hydrogen-bond donors (Lipinski definition) is 1. The summed E-state index contributed by atoms with van der Waals surface area (Å²) in [7, 11) is 0. The van der Waals surface area contributed by atoms with E-state index >= 15 is 0 Å². The number of amides is 1. The van der Waals surface area contributed by atoms with E-state index < -0.39 is 5.97 Å². The number of carbonyl (C=O) groups is 2. The van der Waals surface area contributed by atoms with Crippen LogP contribution in [0.25, 0.3) is 10.2 Å². The van der Waals surface area contributed by atoms with E-state index in [9.17, 15) is 9.59 Å². The minimum Gasteiger partial charge on any atom is -0.461 e. The van der Waals surface area contributed by atoms with Crippen LogP contribution in [-0.4, -0.2) is 23.1 Å². The number of thiophene rings is 1. The zero-order valence-corrected chi connectivity index (χ0v) is 15.3. The smallest absolute Gasteiger partial charge is 0.355 e. The minimum absolute atomic E-state index is 0.0611. The third kappa shape index (κ3) is 3.58. The predicted octanol–water partition coefficient (Wildman–Crippen LogP) is 4.14. The fourth-order valence-electron chi connectivity index (χ4n) is 2.71. The first-order valence-corrected chi connectivity index (χ1v) is 8.98. The zero-order valence-electron chi connectivity index (χ0n) is 14.5. The van der Waals surface area contributed by atoms with Crippen molar-refractivity contribution in [3.8, 4) is 0 Å². The van der Waals surface area contributed by atoms with Gasteiger partial charge >= 0.3 is 5.97 Å². The number of nitrogens with one attached hydrogen (secondary N) is 1. The molecule has 5 nitrogen and oxygen atoms in total. The Kier molecular flexibility index (Phi) is 4.90. The van der Waals surface area contributed by atoms with Gasteiger partial charge in [-0.25, -0.2) is 4.79 Å². The molecular weight excluding hydrogens is 336 g/mol. The number of fused-ring (bicyclic) bond motifs is 1. The summed E-state index contributed by atoms with van der Waals surface area (Å²) >= 11 is 1.50. The van der Waals surface area contributed by atoms with Crippen molar-refractivity contribution < 1.29 is 14.3 Å². The first-order valence-electron chi connectivity index (χ1n) is 8.10. The van der Waals surface area contributed by atoms with E-state index in [2.05, 4.69) is 5.32 Å². The summed E-state index contributed by atoms with van der Waals surface area (Å²) in [5.74, 6) is -0.587. The summed E-state index contributed by atoms with van der Waals surface area (Å²) in [4.78, 5) is 25.7. The number of ether oxygens (including phenoxy) is 1. The first-order chi connectivity index (χ1) is 12.0. The monoisotopic (exact) mass is 356 g/mol. The first kappa shape index (κ1) is 17.2. The molecule has 130 valence electrons. The Morgan fingerprint density at radius 3 is 2.76 bits per heavy atom. The summed E-state index contributed by atoms with van der Waals surface area (Å²) < 4.78 is 6.84. The highest BCUT2D eigenvalue weighted by Crippen LogP contribution is 2.26. The molecule has 2 heterocycles. The molecule has 1 aromatic carbocycles. The second-order valence-corrected chi connectivity index (χ2v) is 6.78. The van der Waals surface area contributed by atoms with Gasteiger partial charge in [0.05, 0.1) is 6.61 Å². The molecule has 2 aromatic heterocycles. The highest BCUT2D eigenvalue weighted by molar-refractivity contribution is 7.16. The minimum atomic E-state index is -0.412. The van der Waals surface area contributed by atoms with E-state index in [-0.39, 0.29) is 12.5 Å². The molecule has 0 fully saturated rings. The number of aryl methyl sites for hydroxylation is 2. The predicted molar refractivity (Wildman–Crippen MR) is 100 cm³/mol. The molecule has 1 N–H and O–H groups in total. The summed E-state index contributed by atoms with van der Waals surface area (Å²) in [5, 5.41) is 5.82. The standard InChI is InChI=1S/C19H20N2O3S/c1-4-24-19(23)16-10-14-7-8-25-18(14)21(16)11-17(22)20-15-9-12(2)5-6-13(15)3/h5-10H,4,11H2,1-3H3,(H,20,22). The molecule has 0 saturated heterocycles. The molecule has 0 saturated carbocycles. The topological polar surface area (TPSA) is 60.3 Å². The molecule has 1 amide bonds. The van der Waals surface area contributed by atoms with Crippen molar-refractivity contribution in [1.82, 2.24) is 4.57 Å². The van der Waals surface area contributed by atoms with Crippen molar-refractivity contribution >= 4 is 39.1 Å². The van der Waals surface area contributed by atoms with Crippen LogP contribution in [0.2, 0.25) is 0 Å². The molecule has 6 heteroatoms. The van der Waals surface area contributed by atoms with Crippen LogP contribution in [0, 0.1) is 13.8 Å². The van der Waals surface area contributed by atoms with Crippen LogP contribution < -0.4 is 5.32 Å². The van der Waals surface area contributed by atoms with Gasteiger partial charge in [0, 0.05) is 11.1 Å². The molecule has 0 unspecified atom stereocenters. The molecule has 0 spiro atoms. The second kappa shape index (κ2) is 7.11. The van der Waals surface area contributed by atoms with Crippen LogP contribution in [0.5, 0.6) is 0 Å². The number of esters is 1. The van der Waals surface area contributed by atoms with Crippen molar-refractivity contribution in [3.63, 3.8) is 0 Å². The maximum atomic E-state index is 12.6. The van der Waals surface area contributed by atoms with Crippen molar-refractivity contribution in [3.05, 3.63) is 52.5 Å². The number of aromatic nitrogens is 1. The van der Waals surface area contributed by atoms with Crippen molar-refractivity contribution in [2.45, 2.75) is 27.3 Å². The molecule has 0 aliphatic rings. The number of rotatable bonds is 5. The van der Waals surface area contributed by atoms with Gasteiger partial charge in [-0.05, 0) is 55.5 Å². The van der Waals surface area contributed by atoms with E-state index in [4.69, 9.17) is 4.74 Å². The molecule has 0 aliphatic carbocycles. The van der Waals surface area contributed by atoms with Gasteiger partial charge in [0.1, 0.15) is 17.1 Å². The van der Waals surface area contributed by atoms with Crippen LogP contribution in [-0.2, 0) is 16.1 Å². The molecule has 0 aliphatic heterocycles. The Hall–Kier alpha value is -2.60. The van der Waals surface area contributed by atoms with Gasteiger partial charge in [-0.2, -0.15) is 0 Å². The average Bonchev–Trinajstić information content (AvgIpc) is 3.14. The highest BCUT2D eigenvalue weighted by atomic mass is 32.1. The third-order valence-corrected chi connectivity index (χ3v) is 4.91. The van der Waals surface area contributed by atoms with Crippen molar-refractivity contribution in [2.75, 3.05) is 11.9 Å². The van der Waals surface area contributed by atoms with Gasteiger partial charge in [0.15, 0.2) is 0 Å². The van der Waals surface area contributed by atoms with E-state index in [1.165, 1.54) is 11.3 Å². The molecule has 25 heavy (non-hydrogen) atoms. The van der Waals surface area contributed by atoms with Gasteiger partial charge < -0.3 is 14.6 Å². The molecule has 3 rings (SSSR count). The van der Waals surface area contributed by atoms with E-state index in [0.29, 0.717) is 12.3 Å². The lowest BCUT2D eigenvalue weighted by molar-refractivity contribution is -0.116. The third-order valence-electron chi connectivity index (χ3n) is 3.96. The lowest BCUT2D eigenvalue weighted by Crippen LogP contribution is -2.22. The summed E-state index contributed by atoms with van der Waals surface area (Å²) in [6, 6.07) is 9.62. The fraction of sp³-hybridized carbons (Fsp3) is 0.263. The number of hydrogen-bond acceptors (Lipinski definition) is 4. The molecule has 0 radical (unpaired) electrons. The average molecular weight is 356 g/mol. The largest absolute Gasteiger partial charge is 0.461 e. The lowest BCUT2D eigenvalue weighted by Gasteiger charge is -2.12. The Labute approximate surface area is 150 Å². The molecular formula is C19H20N2O3S. The normalized spacial score (nSPS) is 10.8. The Balaban J connectivity index is 1.87. The molecule has 3 aromatic rings. The van der Waals surface area contributed by atoms with Crippen molar-refractivity contribution in [2.24, 2.45) is 0 Å². The molecule has 0 bridgehead atoms. The highest BCUT2D eigenvalue weighted by Gasteiger charge is 2.19. The van der Waals surface area contributed by atoms with Gasteiger partial charge in [-0.15, -0.1) is 11.3 Å². The van der Waals surface area contributed by atoms with Gasteiger partial charge in [-0.1, -0.05) is 12.1 Å². The van der Waals surface area contributed by atoms with E-state index in [1.54, 1.807) is 17.6 Å². The summed E-state index contributed by atoms with van der Waals surface area (Å²) in [6.45, 7) is 6.06. The summed E-state index contributed by atoms with van der Waals surface area (Å²) in [5.41, 5.74) is 3.27. The number of nitrogens with zero attached hydrogens (tertiary/aromatic N) is 1. The van der Waals surface area contributed by atoms with Crippen LogP contribution in [0.4, 0.5) is 5.69 Å². The fourth-order valence-corrected chi connectivity index (χ4v) is 3.61. The zero-order chi connectivity index (χ0) is 18.0. The van der Waals surface area contributed by atoms with Crippen LogP contribution in [0.15, 0.2) is 35.7 Å². The van der Waals surface area contributed by atoms with Gasteiger partial charge in [-0.3, -0.25) is 4.79 Å². The Morgan fingerprint density at radius 1 is 1.20 bits per heavy atom. The molecule has 0 atom stereocenters. The number of carbonyl (C=O) groups excluding carboxylic acids is 2. The quantitative estimate of drug-likeness (QED) is 0.699. The van der Waals surface area contributed by atoms with Gasteiger partial charge in [0.2, 0.25) is 5.91 Å². The van der Waals surface area contributed by atoms with Crippen molar-refractivity contribution in [1.29, 1.82) is 0 Å². The SMILES string of the molecule is CCOC(=O)c1cc2ccsc2n1CC(=O)Nc1cc(C)ccc1C. The maximum absolute atomic E-state index is 12.6.